The van der Waals surface area contributed by atoms with E-state index in [9.17, 15) is 0 Å². The predicted octanol–water partition coefficient (Wildman–Crippen LogP) is 5.18. The fourth-order valence-corrected chi connectivity index (χ4v) is 3.85. The minimum Gasteiger partial charge on any atom is -0.456 e. The van der Waals surface area contributed by atoms with Crippen molar-refractivity contribution >= 4 is 32.7 Å². The van der Waals surface area contributed by atoms with Crippen molar-refractivity contribution in [2.75, 3.05) is 0 Å². The molecule has 23 heavy (non-hydrogen) atoms. The molecule has 0 spiro atoms. The lowest BCUT2D eigenvalue weighted by Gasteiger charge is -2.08. The van der Waals surface area contributed by atoms with E-state index in [4.69, 9.17) is 4.42 Å². The van der Waals surface area contributed by atoms with E-state index in [2.05, 4.69) is 46.4 Å². The first kappa shape index (κ1) is 11.4. The minimum atomic E-state index is 0.913. The Morgan fingerprint density at radius 3 is 2.57 bits per heavy atom. The van der Waals surface area contributed by atoms with Crippen molar-refractivity contribution in [2.45, 2.75) is 0 Å². The van der Waals surface area contributed by atoms with Crippen molar-refractivity contribution in [3.05, 3.63) is 61.1 Å². The highest BCUT2D eigenvalue weighted by Gasteiger charge is 2.23. The molecule has 2 heterocycles. The van der Waals surface area contributed by atoms with Crippen LogP contribution in [0.4, 0.5) is 0 Å². The highest BCUT2D eigenvalue weighted by atomic mass is 16.3. The second-order valence-electron chi connectivity index (χ2n) is 5.91. The molecule has 2 aromatic heterocycles. The molecule has 6 rings (SSSR count). The van der Waals surface area contributed by atoms with Crippen molar-refractivity contribution in [2.24, 2.45) is 0 Å². The lowest BCUT2D eigenvalue weighted by atomic mass is 9.99. The molecule has 0 aliphatic heterocycles. The average Bonchev–Trinajstić information content (AvgIpc) is 2.94. The lowest BCUT2D eigenvalue weighted by molar-refractivity contribution is 0.669. The van der Waals surface area contributed by atoms with E-state index in [1.807, 2.05) is 18.3 Å². The van der Waals surface area contributed by atoms with Gasteiger partial charge in [0.15, 0.2) is 0 Å². The number of furan rings is 1. The molecule has 0 saturated carbocycles. The van der Waals surface area contributed by atoms with Crippen LogP contribution in [0.5, 0.6) is 0 Å². The molecule has 0 radical (unpaired) electrons. The number of benzene rings is 3. The van der Waals surface area contributed by atoms with E-state index in [1.165, 1.54) is 16.2 Å². The van der Waals surface area contributed by atoms with E-state index in [0.717, 1.165) is 38.9 Å². The third-order valence-electron chi connectivity index (χ3n) is 4.76. The van der Waals surface area contributed by atoms with Crippen LogP contribution in [-0.2, 0) is 0 Å². The Balaban J connectivity index is 2.08. The smallest absolute Gasteiger partial charge is 0.136 e. The summed E-state index contributed by atoms with van der Waals surface area (Å²) in [6.45, 7) is 0. The first-order valence-corrected chi connectivity index (χ1v) is 7.59. The van der Waals surface area contributed by atoms with Gasteiger partial charge >= 0.3 is 0 Å². The molecule has 1 aliphatic rings. The van der Waals surface area contributed by atoms with Crippen LogP contribution < -0.4 is 0 Å². The van der Waals surface area contributed by atoms with Crippen LogP contribution in [-0.4, -0.2) is 9.97 Å². The van der Waals surface area contributed by atoms with Gasteiger partial charge < -0.3 is 4.42 Å². The van der Waals surface area contributed by atoms with Gasteiger partial charge in [-0.05, 0) is 23.1 Å². The van der Waals surface area contributed by atoms with Crippen LogP contribution >= 0.6 is 0 Å². The maximum atomic E-state index is 6.10. The molecule has 0 atom stereocenters. The van der Waals surface area contributed by atoms with Gasteiger partial charge in [0.1, 0.15) is 17.5 Å². The molecular formula is C20H10N2O. The number of aromatic nitrogens is 2. The summed E-state index contributed by atoms with van der Waals surface area (Å²) in [6.07, 6.45) is 3.53. The topological polar surface area (TPSA) is 38.9 Å². The first-order chi connectivity index (χ1) is 11.4. The van der Waals surface area contributed by atoms with Gasteiger partial charge in [0, 0.05) is 33.5 Å². The highest BCUT2D eigenvalue weighted by molar-refractivity contribution is 6.28. The maximum absolute atomic E-state index is 6.10. The van der Waals surface area contributed by atoms with Crippen LogP contribution in [0.25, 0.3) is 55.1 Å². The molecule has 3 aromatic carbocycles. The Kier molecular flexibility index (Phi) is 1.86. The average molecular weight is 294 g/mol. The molecule has 0 saturated heterocycles. The van der Waals surface area contributed by atoms with Crippen molar-refractivity contribution in [3.8, 4) is 22.4 Å². The summed E-state index contributed by atoms with van der Waals surface area (Å²) in [6, 6.07) is 16.7. The molecule has 1 aliphatic carbocycles. The van der Waals surface area contributed by atoms with Crippen LogP contribution in [0, 0.1) is 0 Å². The SMILES string of the molecule is c1cc2c3c(c1)ccc1oc4cccc(c4c13)-c1cncnc1-2. The summed E-state index contributed by atoms with van der Waals surface area (Å²) >= 11 is 0. The third-order valence-corrected chi connectivity index (χ3v) is 4.76. The molecule has 0 N–H and O–H groups in total. The summed E-state index contributed by atoms with van der Waals surface area (Å²) < 4.78 is 6.10. The van der Waals surface area contributed by atoms with Crippen LogP contribution in [0.1, 0.15) is 0 Å². The van der Waals surface area contributed by atoms with E-state index < -0.39 is 0 Å². The van der Waals surface area contributed by atoms with Crippen molar-refractivity contribution in [1.29, 1.82) is 0 Å². The zero-order valence-electron chi connectivity index (χ0n) is 12.1. The first-order valence-electron chi connectivity index (χ1n) is 7.59. The molecular weight excluding hydrogens is 284 g/mol. The van der Waals surface area contributed by atoms with Gasteiger partial charge in [-0.15, -0.1) is 0 Å². The Morgan fingerprint density at radius 2 is 1.57 bits per heavy atom. The number of nitrogens with zero attached hydrogens (tertiary/aromatic N) is 2. The summed E-state index contributed by atoms with van der Waals surface area (Å²) in [4.78, 5) is 8.86. The molecule has 0 fully saturated rings. The predicted molar refractivity (Wildman–Crippen MR) is 91.2 cm³/mol. The van der Waals surface area contributed by atoms with Crippen LogP contribution in [0.3, 0.4) is 0 Å². The summed E-state index contributed by atoms with van der Waals surface area (Å²) in [5.41, 5.74) is 6.17. The lowest BCUT2D eigenvalue weighted by Crippen LogP contribution is -1.90. The standard InChI is InChI=1S/C20H10N2O/c1-3-11-7-8-16-19-17(11)13(5-1)20-14(9-21-10-22-20)12-4-2-6-15(23-16)18(12)19/h1-10H. The van der Waals surface area contributed by atoms with Gasteiger partial charge in [0.05, 0.1) is 5.69 Å². The monoisotopic (exact) mass is 294 g/mol. The molecule has 0 amide bonds. The molecule has 0 unspecified atom stereocenters. The maximum Gasteiger partial charge on any atom is 0.136 e. The second-order valence-corrected chi connectivity index (χ2v) is 5.91. The van der Waals surface area contributed by atoms with E-state index in [-0.39, 0.29) is 0 Å². The van der Waals surface area contributed by atoms with Gasteiger partial charge in [-0.2, -0.15) is 0 Å². The Bertz CT molecular complexity index is 1250. The van der Waals surface area contributed by atoms with Crippen LogP contribution in [0.15, 0.2) is 65.5 Å². The normalized spacial score (nSPS) is 12.3. The number of rotatable bonds is 0. The van der Waals surface area contributed by atoms with Gasteiger partial charge in [-0.1, -0.05) is 36.4 Å². The van der Waals surface area contributed by atoms with Gasteiger partial charge in [0.2, 0.25) is 0 Å². The van der Waals surface area contributed by atoms with E-state index in [0.29, 0.717) is 0 Å². The van der Waals surface area contributed by atoms with Gasteiger partial charge in [-0.3, -0.25) is 0 Å². The number of hydrogen-bond donors (Lipinski definition) is 0. The molecule has 106 valence electrons. The largest absolute Gasteiger partial charge is 0.456 e. The van der Waals surface area contributed by atoms with Crippen molar-refractivity contribution in [1.82, 2.24) is 9.97 Å². The molecule has 0 bridgehead atoms. The Hall–Kier alpha value is -3.20. The Labute approximate surface area is 131 Å². The third kappa shape index (κ3) is 1.26. The minimum absolute atomic E-state index is 0.913. The zero-order chi connectivity index (χ0) is 15.0. The summed E-state index contributed by atoms with van der Waals surface area (Å²) in [7, 11) is 0. The molecule has 3 nitrogen and oxygen atoms in total. The quantitative estimate of drug-likeness (QED) is 0.387. The van der Waals surface area contributed by atoms with E-state index in [1.54, 1.807) is 6.33 Å². The van der Waals surface area contributed by atoms with E-state index >= 15 is 0 Å². The van der Waals surface area contributed by atoms with Gasteiger partial charge in [0.25, 0.3) is 0 Å². The zero-order valence-corrected chi connectivity index (χ0v) is 12.1. The summed E-state index contributed by atoms with van der Waals surface area (Å²) in [5.74, 6) is 0. The fraction of sp³-hybridized carbons (Fsp3) is 0. The Morgan fingerprint density at radius 1 is 0.696 bits per heavy atom. The number of fused-ring (bicyclic) bond motifs is 3. The fourth-order valence-electron chi connectivity index (χ4n) is 3.85. The molecule has 5 aromatic rings. The van der Waals surface area contributed by atoms with Gasteiger partial charge in [-0.25, -0.2) is 9.97 Å². The summed E-state index contributed by atoms with van der Waals surface area (Å²) in [5, 5.41) is 4.77. The number of hydrogen-bond acceptors (Lipinski definition) is 3. The highest BCUT2D eigenvalue weighted by Crippen LogP contribution is 2.47. The second kappa shape index (κ2) is 3.76. The van der Waals surface area contributed by atoms with Crippen LogP contribution in [0.2, 0.25) is 0 Å². The van der Waals surface area contributed by atoms with Crippen molar-refractivity contribution in [3.63, 3.8) is 0 Å². The van der Waals surface area contributed by atoms with Crippen molar-refractivity contribution < 1.29 is 4.42 Å². The molecule has 3 heteroatoms.